The SMILES string of the molecule is CC(N)c1ccc(-c2ccc(Br)c([N+](=O)[O-])c2)o1. The van der Waals surface area contributed by atoms with Crippen LogP contribution in [0.4, 0.5) is 5.69 Å². The van der Waals surface area contributed by atoms with Gasteiger partial charge in [-0.1, -0.05) is 0 Å². The van der Waals surface area contributed by atoms with Crippen molar-refractivity contribution >= 4 is 21.6 Å². The molecular weight excluding hydrogens is 300 g/mol. The van der Waals surface area contributed by atoms with Crippen molar-refractivity contribution in [1.82, 2.24) is 0 Å². The molecule has 2 N–H and O–H groups in total. The Morgan fingerprint density at radius 2 is 2.11 bits per heavy atom. The summed E-state index contributed by atoms with van der Waals surface area (Å²) in [5.74, 6) is 1.22. The number of rotatable bonds is 3. The van der Waals surface area contributed by atoms with Gasteiger partial charge in [-0.2, -0.15) is 0 Å². The summed E-state index contributed by atoms with van der Waals surface area (Å²) in [5, 5.41) is 10.8. The first-order valence-electron chi connectivity index (χ1n) is 5.28. The fraction of sp³-hybridized carbons (Fsp3) is 0.167. The highest BCUT2D eigenvalue weighted by atomic mass is 79.9. The van der Waals surface area contributed by atoms with Crippen LogP contribution in [0.2, 0.25) is 0 Å². The van der Waals surface area contributed by atoms with Crippen LogP contribution < -0.4 is 5.73 Å². The van der Waals surface area contributed by atoms with Crippen molar-refractivity contribution in [1.29, 1.82) is 0 Å². The summed E-state index contributed by atoms with van der Waals surface area (Å²) in [6.07, 6.45) is 0. The van der Waals surface area contributed by atoms with Gasteiger partial charge in [0.05, 0.1) is 15.4 Å². The predicted octanol–water partition coefficient (Wildman–Crippen LogP) is 3.64. The molecule has 18 heavy (non-hydrogen) atoms. The number of hydrogen-bond acceptors (Lipinski definition) is 4. The summed E-state index contributed by atoms with van der Waals surface area (Å²) in [4.78, 5) is 10.4. The van der Waals surface area contributed by atoms with Crippen molar-refractivity contribution in [2.75, 3.05) is 0 Å². The molecule has 94 valence electrons. The van der Waals surface area contributed by atoms with E-state index in [-0.39, 0.29) is 11.7 Å². The van der Waals surface area contributed by atoms with Gasteiger partial charge in [0.1, 0.15) is 11.5 Å². The fourth-order valence-corrected chi connectivity index (χ4v) is 1.95. The maximum absolute atomic E-state index is 10.8. The van der Waals surface area contributed by atoms with Gasteiger partial charge in [-0.05, 0) is 47.1 Å². The third kappa shape index (κ3) is 2.44. The number of furan rings is 1. The molecule has 0 fully saturated rings. The lowest BCUT2D eigenvalue weighted by molar-refractivity contribution is -0.385. The zero-order chi connectivity index (χ0) is 13.3. The monoisotopic (exact) mass is 310 g/mol. The maximum Gasteiger partial charge on any atom is 0.284 e. The minimum Gasteiger partial charge on any atom is -0.459 e. The number of nitro benzene ring substituents is 1. The Bertz CT molecular complexity index is 593. The molecule has 0 saturated heterocycles. The summed E-state index contributed by atoms with van der Waals surface area (Å²) < 4.78 is 5.98. The van der Waals surface area contributed by atoms with E-state index in [1.807, 2.05) is 6.92 Å². The van der Waals surface area contributed by atoms with Crippen LogP contribution in [0.3, 0.4) is 0 Å². The number of benzene rings is 1. The molecule has 2 rings (SSSR count). The molecule has 1 aromatic heterocycles. The summed E-state index contributed by atoms with van der Waals surface area (Å²) in [6, 6.07) is 8.17. The van der Waals surface area contributed by atoms with E-state index in [0.717, 1.165) is 0 Å². The molecule has 5 nitrogen and oxygen atoms in total. The van der Waals surface area contributed by atoms with E-state index in [9.17, 15) is 10.1 Å². The Labute approximate surface area is 112 Å². The lowest BCUT2D eigenvalue weighted by atomic mass is 10.1. The summed E-state index contributed by atoms with van der Waals surface area (Å²) in [5.41, 5.74) is 6.35. The minimum atomic E-state index is -0.441. The summed E-state index contributed by atoms with van der Waals surface area (Å²) in [7, 11) is 0. The first-order chi connectivity index (χ1) is 8.49. The molecule has 1 heterocycles. The number of nitro groups is 1. The zero-order valence-electron chi connectivity index (χ0n) is 9.59. The summed E-state index contributed by atoms with van der Waals surface area (Å²) in [6.45, 7) is 1.81. The van der Waals surface area contributed by atoms with Crippen LogP contribution in [0, 0.1) is 10.1 Å². The van der Waals surface area contributed by atoms with Gasteiger partial charge in [-0.25, -0.2) is 0 Å². The normalized spacial score (nSPS) is 12.4. The molecule has 0 radical (unpaired) electrons. The smallest absolute Gasteiger partial charge is 0.284 e. The second kappa shape index (κ2) is 4.91. The van der Waals surface area contributed by atoms with Gasteiger partial charge in [0.25, 0.3) is 5.69 Å². The van der Waals surface area contributed by atoms with Gasteiger partial charge in [-0.15, -0.1) is 0 Å². The van der Waals surface area contributed by atoms with E-state index < -0.39 is 4.92 Å². The van der Waals surface area contributed by atoms with Crippen LogP contribution in [-0.4, -0.2) is 4.92 Å². The number of nitrogens with zero attached hydrogens (tertiary/aromatic N) is 1. The Kier molecular flexibility index (Phi) is 3.49. The standard InChI is InChI=1S/C12H11BrN2O3/c1-7(14)11-4-5-12(18-11)8-2-3-9(13)10(6-8)15(16)17/h2-7H,14H2,1H3. The molecule has 1 aromatic carbocycles. The average Bonchev–Trinajstić information content (AvgIpc) is 2.78. The van der Waals surface area contributed by atoms with E-state index in [1.54, 1.807) is 24.3 Å². The van der Waals surface area contributed by atoms with Crippen LogP contribution in [-0.2, 0) is 0 Å². The minimum absolute atomic E-state index is 0.00578. The van der Waals surface area contributed by atoms with Crippen molar-refractivity contribution in [3.8, 4) is 11.3 Å². The van der Waals surface area contributed by atoms with Crippen molar-refractivity contribution in [3.05, 3.63) is 50.7 Å². The molecule has 0 amide bonds. The number of halogens is 1. The van der Waals surface area contributed by atoms with Gasteiger partial charge in [-0.3, -0.25) is 10.1 Å². The molecule has 0 saturated carbocycles. The third-order valence-corrected chi connectivity index (χ3v) is 3.17. The van der Waals surface area contributed by atoms with Crippen LogP contribution >= 0.6 is 15.9 Å². The van der Waals surface area contributed by atoms with E-state index in [1.165, 1.54) is 6.07 Å². The highest BCUT2D eigenvalue weighted by Crippen LogP contribution is 2.32. The second-order valence-corrected chi connectivity index (χ2v) is 4.77. The van der Waals surface area contributed by atoms with Crippen molar-refractivity contribution in [2.45, 2.75) is 13.0 Å². The fourth-order valence-electron chi connectivity index (χ4n) is 1.56. The zero-order valence-corrected chi connectivity index (χ0v) is 11.2. The summed E-state index contributed by atoms with van der Waals surface area (Å²) >= 11 is 3.14. The number of nitrogens with two attached hydrogens (primary N) is 1. The Morgan fingerprint density at radius 1 is 1.39 bits per heavy atom. The topological polar surface area (TPSA) is 82.3 Å². The molecule has 2 aromatic rings. The largest absolute Gasteiger partial charge is 0.459 e. The van der Waals surface area contributed by atoms with E-state index in [2.05, 4.69) is 15.9 Å². The van der Waals surface area contributed by atoms with Crippen LogP contribution in [0.15, 0.2) is 39.2 Å². The van der Waals surface area contributed by atoms with Crippen molar-refractivity contribution in [3.63, 3.8) is 0 Å². The first kappa shape index (κ1) is 12.8. The van der Waals surface area contributed by atoms with E-state index in [0.29, 0.717) is 21.6 Å². The van der Waals surface area contributed by atoms with Crippen molar-refractivity contribution < 1.29 is 9.34 Å². The van der Waals surface area contributed by atoms with Crippen LogP contribution in [0.1, 0.15) is 18.7 Å². The molecule has 1 unspecified atom stereocenters. The molecule has 0 spiro atoms. The van der Waals surface area contributed by atoms with E-state index in [4.69, 9.17) is 10.2 Å². The quantitative estimate of drug-likeness (QED) is 0.693. The van der Waals surface area contributed by atoms with Gasteiger partial charge < -0.3 is 10.2 Å². The van der Waals surface area contributed by atoms with Gasteiger partial charge in [0.15, 0.2) is 0 Å². The average molecular weight is 311 g/mol. The molecular formula is C12H11BrN2O3. The lowest BCUT2D eigenvalue weighted by Crippen LogP contribution is -2.02. The van der Waals surface area contributed by atoms with Gasteiger partial charge >= 0.3 is 0 Å². The second-order valence-electron chi connectivity index (χ2n) is 3.91. The van der Waals surface area contributed by atoms with Crippen molar-refractivity contribution in [2.24, 2.45) is 5.73 Å². The van der Waals surface area contributed by atoms with Gasteiger partial charge in [0, 0.05) is 11.6 Å². The molecule has 0 aliphatic carbocycles. The predicted molar refractivity (Wildman–Crippen MR) is 71.1 cm³/mol. The Balaban J connectivity index is 2.44. The highest BCUT2D eigenvalue weighted by molar-refractivity contribution is 9.10. The molecule has 0 aliphatic rings. The maximum atomic E-state index is 10.8. The molecule has 6 heteroatoms. The first-order valence-corrected chi connectivity index (χ1v) is 6.08. The Morgan fingerprint density at radius 3 is 2.67 bits per heavy atom. The molecule has 1 atom stereocenters. The van der Waals surface area contributed by atoms with Gasteiger partial charge in [0.2, 0.25) is 0 Å². The highest BCUT2D eigenvalue weighted by Gasteiger charge is 2.15. The Hall–Kier alpha value is -1.66. The molecule has 0 aliphatic heterocycles. The number of hydrogen-bond donors (Lipinski definition) is 1. The lowest BCUT2D eigenvalue weighted by Gasteiger charge is -2.01. The van der Waals surface area contributed by atoms with Crippen LogP contribution in [0.5, 0.6) is 0 Å². The molecule has 0 bridgehead atoms. The van der Waals surface area contributed by atoms with Crippen LogP contribution in [0.25, 0.3) is 11.3 Å². The van der Waals surface area contributed by atoms with E-state index >= 15 is 0 Å². The third-order valence-electron chi connectivity index (χ3n) is 2.50.